The van der Waals surface area contributed by atoms with E-state index in [1.807, 2.05) is 0 Å². The van der Waals surface area contributed by atoms with Crippen LogP contribution in [0.2, 0.25) is 0 Å². The first-order valence-corrected chi connectivity index (χ1v) is 13.3. The molecule has 2 aromatic rings. The molecule has 2 N–H and O–H groups in total. The number of piperidine rings is 1. The molecular weight excluding hydrogens is 506 g/mol. The number of thioether (sulfide) groups is 1. The van der Waals surface area contributed by atoms with E-state index in [4.69, 9.17) is 4.74 Å². The molecule has 38 heavy (non-hydrogen) atoms. The van der Waals surface area contributed by atoms with Gasteiger partial charge in [0.15, 0.2) is 5.17 Å². The van der Waals surface area contributed by atoms with Gasteiger partial charge in [-0.25, -0.2) is 0 Å². The lowest BCUT2D eigenvalue weighted by Gasteiger charge is -2.27. The Bertz CT molecular complexity index is 1230. The number of methoxy groups -OCH3 is 1. The Morgan fingerprint density at radius 2 is 1.74 bits per heavy atom. The normalized spacial score (nSPS) is 17.0. The van der Waals surface area contributed by atoms with Gasteiger partial charge in [-0.3, -0.25) is 19.2 Å². The zero-order chi connectivity index (χ0) is 27.1. The minimum absolute atomic E-state index is 0.0240. The number of likely N-dealkylation sites (N-methyl/N-ethyl adjacent to an activating group) is 1. The first-order valence-electron chi connectivity index (χ1n) is 12.5. The Morgan fingerprint density at radius 1 is 1.03 bits per heavy atom. The minimum Gasteiger partial charge on any atom is -0.497 e. The lowest BCUT2D eigenvalue weighted by Crippen LogP contribution is -2.34. The highest BCUT2D eigenvalue weighted by Gasteiger charge is 2.33. The number of rotatable bonds is 8. The molecule has 11 heteroatoms. The number of amides is 4. The summed E-state index contributed by atoms with van der Waals surface area (Å²) in [6.45, 7) is 1.65. The molecule has 4 amide bonds. The summed E-state index contributed by atoms with van der Waals surface area (Å²) in [4.78, 5) is 57.6. The SMILES string of the molecule is COc1cccc(NC(=O)CN(C)C(=O)c2ccc(NC(=O)C[C@@H]3SC(N4CCCCC4)=NC3=O)cc2)c1. The number of hydrogen-bond donors (Lipinski definition) is 2. The molecular formula is C27H31N5O5S. The molecule has 0 aliphatic carbocycles. The number of nitrogens with one attached hydrogen (secondary N) is 2. The Labute approximate surface area is 225 Å². The van der Waals surface area contributed by atoms with Crippen LogP contribution in [0.4, 0.5) is 11.4 Å². The van der Waals surface area contributed by atoms with E-state index < -0.39 is 5.25 Å². The third-order valence-corrected chi connectivity index (χ3v) is 7.44. The maximum absolute atomic E-state index is 12.8. The number of aliphatic imine (C=N–C) groups is 1. The monoisotopic (exact) mass is 537 g/mol. The summed E-state index contributed by atoms with van der Waals surface area (Å²) in [5.41, 5.74) is 1.46. The second kappa shape index (κ2) is 12.6. The van der Waals surface area contributed by atoms with Crippen LogP contribution in [0.1, 0.15) is 36.0 Å². The van der Waals surface area contributed by atoms with Crippen LogP contribution in [0, 0.1) is 0 Å². The molecule has 0 bridgehead atoms. The summed E-state index contributed by atoms with van der Waals surface area (Å²) in [5.74, 6) is -0.631. The zero-order valence-corrected chi connectivity index (χ0v) is 22.3. The fourth-order valence-electron chi connectivity index (χ4n) is 4.22. The summed E-state index contributed by atoms with van der Waals surface area (Å²) >= 11 is 1.36. The fraction of sp³-hybridized carbons (Fsp3) is 0.370. The summed E-state index contributed by atoms with van der Waals surface area (Å²) in [6, 6.07) is 13.4. The standard InChI is InChI=1S/C27H31N5O5S/c1-31(17-24(34)29-20-7-6-8-21(15-20)37-2)26(36)18-9-11-19(12-10-18)28-23(33)16-22-25(35)30-27(38-22)32-13-4-3-5-14-32/h6-12,15,22H,3-5,13-14,16-17H2,1-2H3,(H,28,33)(H,29,34)/t22-/m0/s1. The fourth-order valence-corrected chi connectivity index (χ4v) is 5.33. The minimum atomic E-state index is -0.524. The van der Waals surface area contributed by atoms with Crippen molar-refractivity contribution >= 4 is 51.9 Å². The first-order chi connectivity index (χ1) is 18.3. The molecule has 0 spiro atoms. The molecule has 4 rings (SSSR count). The Kier molecular flexibility index (Phi) is 9.01. The summed E-state index contributed by atoms with van der Waals surface area (Å²) in [5, 5.41) is 5.72. The van der Waals surface area contributed by atoms with Gasteiger partial charge < -0.3 is 25.2 Å². The van der Waals surface area contributed by atoms with Crippen molar-refractivity contribution in [1.29, 1.82) is 0 Å². The summed E-state index contributed by atoms with van der Waals surface area (Å²) in [6.07, 6.45) is 3.39. The highest BCUT2D eigenvalue weighted by molar-refractivity contribution is 8.15. The first kappa shape index (κ1) is 27.2. The van der Waals surface area contributed by atoms with E-state index in [0.29, 0.717) is 22.7 Å². The van der Waals surface area contributed by atoms with Crippen LogP contribution in [0.25, 0.3) is 0 Å². The van der Waals surface area contributed by atoms with Crippen LogP contribution in [-0.4, -0.2) is 77.6 Å². The number of carbonyl (C=O) groups excluding carboxylic acids is 4. The van der Waals surface area contributed by atoms with Gasteiger partial charge in [0.1, 0.15) is 11.0 Å². The van der Waals surface area contributed by atoms with E-state index in [9.17, 15) is 19.2 Å². The van der Waals surface area contributed by atoms with Crippen LogP contribution in [0.3, 0.4) is 0 Å². The van der Waals surface area contributed by atoms with Crippen molar-refractivity contribution in [3.8, 4) is 5.75 Å². The van der Waals surface area contributed by atoms with Crippen molar-refractivity contribution in [1.82, 2.24) is 9.80 Å². The molecule has 2 aliphatic rings. The summed E-state index contributed by atoms with van der Waals surface area (Å²) < 4.78 is 5.15. The number of likely N-dealkylation sites (tertiary alicyclic amines) is 1. The molecule has 200 valence electrons. The van der Waals surface area contributed by atoms with Gasteiger partial charge in [0, 0.05) is 49.6 Å². The second-order valence-corrected chi connectivity index (χ2v) is 10.3. The maximum atomic E-state index is 12.8. The number of carbonyl (C=O) groups is 4. The Balaban J connectivity index is 1.24. The number of anilines is 2. The van der Waals surface area contributed by atoms with Crippen molar-refractivity contribution in [2.24, 2.45) is 4.99 Å². The lowest BCUT2D eigenvalue weighted by molar-refractivity contribution is -0.121. The highest BCUT2D eigenvalue weighted by atomic mass is 32.2. The van der Waals surface area contributed by atoms with Gasteiger partial charge in [-0.1, -0.05) is 17.8 Å². The molecule has 0 radical (unpaired) electrons. The molecule has 1 atom stereocenters. The second-order valence-electron chi connectivity index (χ2n) is 9.16. The topological polar surface area (TPSA) is 120 Å². The van der Waals surface area contributed by atoms with Crippen LogP contribution in [-0.2, 0) is 14.4 Å². The molecule has 2 aliphatic heterocycles. The molecule has 0 aromatic heterocycles. The average molecular weight is 538 g/mol. The van der Waals surface area contributed by atoms with Crippen molar-refractivity contribution < 1.29 is 23.9 Å². The largest absolute Gasteiger partial charge is 0.497 e. The van der Waals surface area contributed by atoms with E-state index >= 15 is 0 Å². The number of amidine groups is 1. The Morgan fingerprint density at radius 3 is 2.45 bits per heavy atom. The molecule has 0 saturated carbocycles. The number of nitrogens with zero attached hydrogens (tertiary/aromatic N) is 3. The molecule has 0 unspecified atom stereocenters. The van der Waals surface area contributed by atoms with Crippen LogP contribution in [0.5, 0.6) is 5.75 Å². The lowest BCUT2D eigenvalue weighted by atomic mass is 10.1. The molecule has 1 saturated heterocycles. The highest BCUT2D eigenvalue weighted by Crippen LogP contribution is 2.29. The van der Waals surface area contributed by atoms with E-state index in [1.165, 1.54) is 23.1 Å². The van der Waals surface area contributed by atoms with Gasteiger partial charge >= 0.3 is 0 Å². The summed E-state index contributed by atoms with van der Waals surface area (Å²) in [7, 11) is 3.08. The van der Waals surface area contributed by atoms with Crippen molar-refractivity contribution in [2.75, 3.05) is 44.4 Å². The predicted octanol–water partition coefficient (Wildman–Crippen LogP) is 3.22. The van der Waals surface area contributed by atoms with Crippen molar-refractivity contribution in [2.45, 2.75) is 30.9 Å². The third kappa shape index (κ3) is 7.12. The van der Waals surface area contributed by atoms with Gasteiger partial charge in [0.2, 0.25) is 11.8 Å². The van der Waals surface area contributed by atoms with E-state index in [2.05, 4.69) is 20.5 Å². The number of ether oxygens (including phenoxy) is 1. The average Bonchev–Trinajstić information content (AvgIpc) is 3.28. The molecule has 2 aromatic carbocycles. The molecule has 2 heterocycles. The van der Waals surface area contributed by atoms with E-state index in [1.54, 1.807) is 62.7 Å². The maximum Gasteiger partial charge on any atom is 0.262 e. The third-order valence-electron chi connectivity index (χ3n) is 6.22. The van der Waals surface area contributed by atoms with Crippen LogP contribution < -0.4 is 15.4 Å². The molecule has 1 fully saturated rings. The van der Waals surface area contributed by atoms with E-state index in [-0.39, 0.29) is 36.6 Å². The smallest absolute Gasteiger partial charge is 0.262 e. The number of benzene rings is 2. The van der Waals surface area contributed by atoms with Gasteiger partial charge in [0.25, 0.3) is 11.8 Å². The van der Waals surface area contributed by atoms with Crippen LogP contribution >= 0.6 is 11.8 Å². The van der Waals surface area contributed by atoms with Gasteiger partial charge in [-0.05, 0) is 55.7 Å². The van der Waals surface area contributed by atoms with Gasteiger partial charge in [-0.2, -0.15) is 4.99 Å². The van der Waals surface area contributed by atoms with E-state index in [0.717, 1.165) is 31.1 Å². The van der Waals surface area contributed by atoms with Crippen molar-refractivity contribution in [3.05, 3.63) is 54.1 Å². The van der Waals surface area contributed by atoms with Crippen molar-refractivity contribution in [3.63, 3.8) is 0 Å². The quantitative estimate of drug-likeness (QED) is 0.531. The predicted molar refractivity (Wildman–Crippen MR) is 148 cm³/mol. The molecule has 10 nitrogen and oxygen atoms in total. The van der Waals surface area contributed by atoms with Gasteiger partial charge in [0.05, 0.1) is 13.7 Å². The van der Waals surface area contributed by atoms with Gasteiger partial charge in [-0.15, -0.1) is 0 Å². The number of hydrogen-bond acceptors (Lipinski definition) is 7. The zero-order valence-electron chi connectivity index (χ0n) is 21.4. The van der Waals surface area contributed by atoms with Crippen LogP contribution in [0.15, 0.2) is 53.5 Å². The Hall–Kier alpha value is -3.86.